The number of benzene rings is 1. The summed E-state index contributed by atoms with van der Waals surface area (Å²) in [6.07, 6.45) is 4.02. The number of thiocarbonyl (C=S) groups is 1. The first-order chi connectivity index (χ1) is 11.6. The van der Waals surface area contributed by atoms with Gasteiger partial charge in [-0.25, -0.2) is 4.98 Å². The molecule has 0 amide bonds. The van der Waals surface area contributed by atoms with Gasteiger partial charge in [0.25, 0.3) is 0 Å². The fraction of sp³-hybridized carbons (Fsp3) is 0.368. The van der Waals surface area contributed by atoms with Gasteiger partial charge < -0.3 is 15.5 Å². The van der Waals surface area contributed by atoms with Crippen molar-refractivity contribution in [1.82, 2.24) is 10.3 Å². The van der Waals surface area contributed by atoms with Gasteiger partial charge in [0.1, 0.15) is 5.82 Å². The second-order valence-corrected chi connectivity index (χ2v) is 6.74. The Bertz CT molecular complexity index is 699. The smallest absolute Gasteiger partial charge is 0.171 e. The lowest BCUT2D eigenvalue weighted by atomic mass is 10.1. The van der Waals surface area contributed by atoms with Crippen molar-refractivity contribution in [3.8, 4) is 0 Å². The second kappa shape index (κ2) is 7.62. The van der Waals surface area contributed by atoms with Gasteiger partial charge in [-0.05, 0) is 62.2 Å². The maximum atomic E-state index is 5.33. The summed E-state index contributed by atoms with van der Waals surface area (Å²) in [7, 11) is 0. The third-order valence-electron chi connectivity index (χ3n) is 4.36. The molecule has 1 aromatic heterocycles. The van der Waals surface area contributed by atoms with Crippen LogP contribution in [-0.2, 0) is 6.42 Å². The van der Waals surface area contributed by atoms with Gasteiger partial charge in [-0.3, -0.25) is 0 Å². The lowest BCUT2D eigenvalue weighted by Crippen LogP contribution is -2.34. The molecule has 0 fully saturated rings. The van der Waals surface area contributed by atoms with E-state index in [-0.39, 0.29) is 0 Å². The maximum Gasteiger partial charge on any atom is 0.171 e. The molecule has 0 spiro atoms. The van der Waals surface area contributed by atoms with Crippen molar-refractivity contribution in [1.29, 1.82) is 0 Å². The van der Waals surface area contributed by atoms with E-state index in [1.165, 1.54) is 11.3 Å². The molecule has 0 unspecified atom stereocenters. The minimum absolute atomic E-state index is 0.573. The molecule has 2 heterocycles. The SMILES string of the molecule is Cc1ccc(NC(=S)NCCCN2c3ccccc3C[C@@H]2C)nc1. The number of fused-ring (bicyclic) bond motifs is 1. The highest BCUT2D eigenvalue weighted by Crippen LogP contribution is 2.31. The minimum Gasteiger partial charge on any atom is -0.368 e. The molecule has 3 rings (SSSR count). The van der Waals surface area contributed by atoms with Crippen molar-refractivity contribution >= 4 is 28.8 Å². The van der Waals surface area contributed by atoms with Crippen LogP contribution in [0.1, 0.15) is 24.5 Å². The maximum absolute atomic E-state index is 5.33. The number of pyridine rings is 1. The highest BCUT2D eigenvalue weighted by Gasteiger charge is 2.24. The molecule has 2 N–H and O–H groups in total. The number of aromatic nitrogens is 1. The molecule has 0 radical (unpaired) electrons. The molecule has 2 aromatic rings. The van der Waals surface area contributed by atoms with Crippen LogP contribution in [0, 0.1) is 6.92 Å². The summed E-state index contributed by atoms with van der Waals surface area (Å²) < 4.78 is 0. The largest absolute Gasteiger partial charge is 0.368 e. The Hall–Kier alpha value is -2.14. The highest BCUT2D eigenvalue weighted by molar-refractivity contribution is 7.80. The molecule has 0 bridgehead atoms. The van der Waals surface area contributed by atoms with Crippen LogP contribution in [0.15, 0.2) is 42.6 Å². The van der Waals surface area contributed by atoms with Crippen LogP contribution in [0.4, 0.5) is 11.5 Å². The molecular formula is C19H24N4S. The van der Waals surface area contributed by atoms with Gasteiger partial charge in [0.15, 0.2) is 5.11 Å². The van der Waals surface area contributed by atoms with E-state index in [9.17, 15) is 0 Å². The summed E-state index contributed by atoms with van der Waals surface area (Å²) in [5.41, 5.74) is 3.98. The molecule has 1 aliphatic rings. The number of hydrogen-bond donors (Lipinski definition) is 2. The Morgan fingerprint density at radius 1 is 1.29 bits per heavy atom. The highest BCUT2D eigenvalue weighted by atomic mass is 32.1. The van der Waals surface area contributed by atoms with Crippen LogP contribution in [-0.4, -0.2) is 29.2 Å². The predicted molar refractivity (Wildman–Crippen MR) is 105 cm³/mol. The quantitative estimate of drug-likeness (QED) is 0.644. The number of nitrogens with one attached hydrogen (secondary N) is 2. The zero-order valence-electron chi connectivity index (χ0n) is 14.2. The van der Waals surface area contributed by atoms with Crippen molar-refractivity contribution in [2.24, 2.45) is 0 Å². The Morgan fingerprint density at radius 2 is 2.12 bits per heavy atom. The van der Waals surface area contributed by atoms with Crippen LogP contribution in [0.25, 0.3) is 0 Å². The normalized spacial score (nSPS) is 15.9. The third-order valence-corrected chi connectivity index (χ3v) is 4.61. The molecule has 0 saturated heterocycles. The van der Waals surface area contributed by atoms with Crippen molar-refractivity contribution in [3.63, 3.8) is 0 Å². The second-order valence-electron chi connectivity index (χ2n) is 6.33. The fourth-order valence-electron chi connectivity index (χ4n) is 3.12. The van der Waals surface area contributed by atoms with E-state index in [4.69, 9.17) is 12.2 Å². The predicted octanol–water partition coefficient (Wildman–Crippen LogP) is 3.52. The number of rotatable bonds is 5. The molecule has 4 nitrogen and oxygen atoms in total. The van der Waals surface area contributed by atoms with Gasteiger partial charge in [0, 0.05) is 31.0 Å². The summed E-state index contributed by atoms with van der Waals surface area (Å²) in [6.45, 7) is 6.20. The van der Waals surface area contributed by atoms with Crippen LogP contribution in [0.5, 0.6) is 0 Å². The summed E-state index contributed by atoms with van der Waals surface area (Å²) in [5, 5.41) is 7.01. The number of hydrogen-bond acceptors (Lipinski definition) is 3. The summed E-state index contributed by atoms with van der Waals surface area (Å²) in [6, 6.07) is 13.2. The first-order valence-electron chi connectivity index (χ1n) is 8.45. The molecule has 0 aliphatic carbocycles. The molecule has 126 valence electrons. The van der Waals surface area contributed by atoms with Gasteiger partial charge in [-0.15, -0.1) is 0 Å². The number of nitrogens with zero attached hydrogens (tertiary/aromatic N) is 2. The van der Waals surface area contributed by atoms with E-state index in [1.807, 2.05) is 25.3 Å². The van der Waals surface area contributed by atoms with E-state index in [0.717, 1.165) is 37.3 Å². The van der Waals surface area contributed by atoms with Gasteiger partial charge >= 0.3 is 0 Å². The minimum atomic E-state index is 0.573. The third kappa shape index (κ3) is 4.03. The molecule has 1 atom stereocenters. The van der Waals surface area contributed by atoms with E-state index in [1.54, 1.807) is 0 Å². The average molecular weight is 340 g/mol. The summed E-state index contributed by atoms with van der Waals surface area (Å²) in [4.78, 5) is 6.79. The van der Waals surface area contributed by atoms with Crippen LogP contribution in [0.2, 0.25) is 0 Å². The lowest BCUT2D eigenvalue weighted by molar-refractivity contribution is 0.641. The summed E-state index contributed by atoms with van der Waals surface area (Å²) in [5.74, 6) is 0.778. The molecule has 1 aliphatic heterocycles. The topological polar surface area (TPSA) is 40.2 Å². The lowest BCUT2D eigenvalue weighted by Gasteiger charge is -2.25. The van der Waals surface area contributed by atoms with Crippen molar-refractivity contribution in [2.75, 3.05) is 23.3 Å². The monoisotopic (exact) mass is 340 g/mol. The first kappa shape index (κ1) is 16.7. The van der Waals surface area contributed by atoms with Crippen molar-refractivity contribution in [3.05, 3.63) is 53.7 Å². The number of para-hydroxylation sites is 1. The van der Waals surface area contributed by atoms with Crippen molar-refractivity contribution < 1.29 is 0 Å². The zero-order valence-corrected chi connectivity index (χ0v) is 15.1. The van der Waals surface area contributed by atoms with E-state index in [0.29, 0.717) is 11.2 Å². The van der Waals surface area contributed by atoms with E-state index >= 15 is 0 Å². The molecular weight excluding hydrogens is 316 g/mol. The zero-order chi connectivity index (χ0) is 16.9. The molecule has 5 heteroatoms. The molecule has 1 aromatic carbocycles. The molecule has 0 saturated carbocycles. The average Bonchev–Trinajstić information content (AvgIpc) is 2.89. The Labute approximate surface area is 149 Å². The van der Waals surface area contributed by atoms with Gasteiger partial charge in [-0.2, -0.15) is 0 Å². The van der Waals surface area contributed by atoms with Crippen molar-refractivity contribution in [2.45, 2.75) is 32.7 Å². The number of aryl methyl sites for hydroxylation is 1. The van der Waals surface area contributed by atoms with Gasteiger partial charge in [0.05, 0.1) is 0 Å². The fourth-order valence-corrected chi connectivity index (χ4v) is 3.33. The first-order valence-corrected chi connectivity index (χ1v) is 8.86. The van der Waals surface area contributed by atoms with E-state index < -0.39 is 0 Å². The summed E-state index contributed by atoms with van der Waals surface area (Å²) >= 11 is 5.33. The van der Waals surface area contributed by atoms with Crippen LogP contribution < -0.4 is 15.5 Å². The van der Waals surface area contributed by atoms with Gasteiger partial charge in [-0.1, -0.05) is 24.3 Å². The Balaban J connectivity index is 1.42. The Morgan fingerprint density at radius 3 is 2.92 bits per heavy atom. The van der Waals surface area contributed by atoms with Crippen LogP contribution in [0.3, 0.4) is 0 Å². The molecule has 24 heavy (non-hydrogen) atoms. The van der Waals surface area contributed by atoms with Gasteiger partial charge in [0.2, 0.25) is 0 Å². The van der Waals surface area contributed by atoms with E-state index in [2.05, 4.69) is 51.7 Å². The van der Waals surface area contributed by atoms with Crippen LogP contribution >= 0.6 is 12.2 Å². The Kier molecular flexibility index (Phi) is 5.30. The standard InChI is InChI=1S/C19H24N4S/c1-14-8-9-18(21-13-14)22-19(24)20-10-5-11-23-15(2)12-16-6-3-4-7-17(16)23/h3-4,6-9,13,15H,5,10-12H2,1-2H3,(H2,20,21,22,24)/t15-/m0/s1. The number of anilines is 2.